The Kier molecular flexibility index (Phi) is 3.79. The molecule has 1 aliphatic heterocycles. The molecule has 1 aromatic rings. The maximum atomic E-state index is 11.7. The quantitative estimate of drug-likeness (QED) is 0.535. The van der Waals surface area contributed by atoms with Crippen LogP contribution >= 0.6 is 0 Å². The molecule has 0 aliphatic carbocycles. The Labute approximate surface area is 106 Å². The summed E-state index contributed by atoms with van der Waals surface area (Å²) in [5.41, 5.74) is -1.23. The molecule has 1 aromatic heterocycles. The summed E-state index contributed by atoms with van der Waals surface area (Å²) >= 11 is 0. The van der Waals surface area contributed by atoms with Crippen LogP contribution in [0.4, 0.5) is 0 Å². The number of aromatic nitrogens is 2. The van der Waals surface area contributed by atoms with E-state index in [1.165, 1.54) is 13.3 Å². The molecule has 9 nitrogen and oxygen atoms in total. The first-order valence-electron chi connectivity index (χ1n) is 5.45. The predicted octanol–water partition coefficient (Wildman–Crippen LogP) is -2.21. The van der Waals surface area contributed by atoms with E-state index < -0.39 is 36.3 Å². The fourth-order valence-electron chi connectivity index (χ4n) is 1.81. The molecule has 0 saturated carbocycles. The number of hydrogen-bond acceptors (Lipinski definition) is 7. The van der Waals surface area contributed by atoms with Crippen LogP contribution < -0.4 is 11.2 Å². The molecule has 9 heteroatoms. The number of ether oxygens (including phenoxy) is 1. The smallest absolute Gasteiger partial charge is 0.330 e. The molecule has 0 aromatic carbocycles. The van der Waals surface area contributed by atoms with Gasteiger partial charge in [0.25, 0.3) is 5.56 Å². The average molecular weight is 271 g/mol. The molecule has 1 saturated heterocycles. The monoisotopic (exact) mass is 271 g/mol. The second-order valence-corrected chi connectivity index (χ2v) is 3.87. The van der Waals surface area contributed by atoms with Gasteiger partial charge in [0.15, 0.2) is 6.23 Å². The number of nitrogens with one attached hydrogen (secondary N) is 1. The Balaban J connectivity index is 2.45. The van der Waals surface area contributed by atoms with Crippen LogP contribution in [0.25, 0.3) is 0 Å². The van der Waals surface area contributed by atoms with Gasteiger partial charge in [-0.25, -0.2) is 4.79 Å². The fourth-order valence-corrected chi connectivity index (χ4v) is 1.81. The summed E-state index contributed by atoms with van der Waals surface area (Å²) in [4.78, 5) is 29.3. The summed E-state index contributed by atoms with van der Waals surface area (Å²) in [7, 11) is 1.28. The van der Waals surface area contributed by atoms with Gasteiger partial charge in [-0.15, -0.1) is 0 Å². The van der Waals surface area contributed by atoms with Crippen LogP contribution in [0.5, 0.6) is 0 Å². The molecule has 0 radical (unpaired) electrons. The summed E-state index contributed by atoms with van der Waals surface area (Å²) in [5.74, 6) is 0. The number of oxime groups is 1. The van der Waals surface area contributed by atoms with Crippen molar-refractivity contribution in [2.24, 2.45) is 5.16 Å². The minimum atomic E-state index is -1.20. The maximum Gasteiger partial charge on any atom is 0.330 e. The molecular weight excluding hydrogens is 258 g/mol. The molecule has 104 valence electrons. The van der Waals surface area contributed by atoms with Gasteiger partial charge in [-0.2, -0.15) is 0 Å². The molecule has 0 amide bonds. The second kappa shape index (κ2) is 5.34. The van der Waals surface area contributed by atoms with Crippen LogP contribution in [0.1, 0.15) is 6.23 Å². The van der Waals surface area contributed by atoms with Gasteiger partial charge in [0, 0.05) is 12.3 Å². The molecule has 3 atom stereocenters. The Morgan fingerprint density at radius 3 is 2.89 bits per heavy atom. The van der Waals surface area contributed by atoms with Gasteiger partial charge < -0.3 is 19.8 Å². The highest BCUT2D eigenvalue weighted by Gasteiger charge is 2.42. The highest BCUT2D eigenvalue weighted by molar-refractivity contribution is 5.92. The molecule has 1 fully saturated rings. The van der Waals surface area contributed by atoms with Crippen LogP contribution in [0, 0.1) is 0 Å². The predicted molar refractivity (Wildman–Crippen MR) is 62.8 cm³/mol. The zero-order chi connectivity index (χ0) is 14.0. The van der Waals surface area contributed by atoms with Crippen LogP contribution in [0.2, 0.25) is 0 Å². The topological polar surface area (TPSA) is 126 Å². The van der Waals surface area contributed by atoms with Crippen molar-refractivity contribution in [2.45, 2.75) is 18.4 Å². The van der Waals surface area contributed by atoms with Crippen molar-refractivity contribution in [2.75, 3.05) is 13.7 Å². The van der Waals surface area contributed by atoms with Crippen molar-refractivity contribution in [1.82, 2.24) is 9.55 Å². The lowest BCUT2D eigenvalue weighted by molar-refractivity contribution is -0.0442. The largest absolute Gasteiger partial charge is 0.399 e. The standard InChI is InChI=1S/C10H13N3O6/c1-18-12-7-8(16)5(4-14)19-9(7)13-3-2-6(15)11-10(13)17/h2-3,5,8-9,14,16H,4H2,1H3,(H,11,15,17)/b12-7+/t5-,8-,9-/m1/s1. The number of aliphatic hydroxyl groups is 2. The lowest BCUT2D eigenvalue weighted by atomic mass is 10.1. The summed E-state index contributed by atoms with van der Waals surface area (Å²) in [6.07, 6.45) is -1.95. The van der Waals surface area contributed by atoms with Gasteiger partial charge >= 0.3 is 5.69 Å². The average Bonchev–Trinajstić information content (AvgIpc) is 2.68. The highest BCUT2D eigenvalue weighted by atomic mass is 16.6. The van der Waals surface area contributed by atoms with E-state index in [0.717, 1.165) is 10.6 Å². The lowest BCUT2D eigenvalue weighted by Crippen LogP contribution is -2.35. The van der Waals surface area contributed by atoms with E-state index in [2.05, 4.69) is 15.0 Å². The van der Waals surface area contributed by atoms with Gasteiger partial charge in [-0.1, -0.05) is 5.16 Å². The lowest BCUT2D eigenvalue weighted by Gasteiger charge is -2.13. The third-order valence-electron chi connectivity index (χ3n) is 2.69. The Bertz CT molecular complexity index is 591. The molecule has 2 heterocycles. The highest BCUT2D eigenvalue weighted by Crippen LogP contribution is 2.25. The maximum absolute atomic E-state index is 11.7. The zero-order valence-corrected chi connectivity index (χ0v) is 10.0. The number of hydrogen-bond donors (Lipinski definition) is 3. The van der Waals surface area contributed by atoms with Crippen molar-refractivity contribution in [1.29, 1.82) is 0 Å². The SMILES string of the molecule is CO/N=C1/[C@H](n2ccc(=O)[nH]c2=O)O[C@H](CO)[C@H]1O. The molecule has 0 spiro atoms. The van der Waals surface area contributed by atoms with Gasteiger partial charge in [0.2, 0.25) is 0 Å². The molecule has 0 bridgehead atoms. The van der Waals surface area contributed by atoms with Crippen molar-refractivity contribution >= 4 is 5.71 Å². The van der Waals surface area contributed by atoms with Gasteiger partial charge in [-0.3, -0.25) is 14.3 Å². The van der Waals surface area contributed by atoms with E-state index in [0.29, 0.717) is 0 Å². The van der Waals surface area contributed by atoms with Crippen LogP contribution in [0.15, 0.2) is 27.0 Å². The van der Waals surface area contributed by atoms with E-state index >= 15 is 0 Å². The van der Waals surface area contributed by atoms with E-state index in [1.807, 2.05) is 0 Å². The van der Waals surface area contributed by atoms with E-state index in [1.54, 1.807) is 0 Å². The van der Waals surface area contributed by atoms with Crippen LogP contribution in [-0.2, 0) is 9.57 Å². The summed E-state index contributed by atoms with van der Waals surface area (Å²) in [6, 6.07) is 1.13. The van der Waals surface area contributed by atoms with Crippen LogP contribution in [-0.4, -0.2) is 51.4 Å². The molecular formula is C10H13N3O6. The third-order valence-corrected chi connectivity index (χ3v) is 2.69. The van der Waals surface area contributed by atoms with Crippen molar-refractivity contribution in [3.05, 3.63) is 33.1 Å². The Hall–Kier alpha value is -1.97. The molecule has 0 unspecified atom stereocenters. The van der Waals surface area contributed by atoms with E-state index in [9.17, 15) is 14.7 Å². The zero-order valence-electron chi connectivity index (χ0n) is 10.0. The van der Waals surface area contributed by atoms with E-state index in [-0.39, 0.29) is 5.71 Å². The molecule has 1 aliphatic rings. The normalized spacial score (nSPS) is 28.8. The van der Waals surface area contributed by atoms with Crippen molar-refractivity contribution < 1.29 is 19.8 Å². The van der Waals surface area contributed by atoms with E-state index in [4.69, 9.17) is 9.84 Å². The van der Waals surface area contributed by atoms with Crippen molar-refractivity contribution in [3.8, 4) is 0 Å². The first kappa shape index (κ1) is 13.5. The molecule has 19 heavy (non-hydrogen) atoms. The third kappa shape index (κ3) is 2.43. The summed E-state index contributed by atoms with van der Waals surface area (Å²) < 4.78 is 6.36. The number of H-pyrrole nitrogens is 1. The van der Waals surface area contributed by atoms with Gasteiger partial charge in [0.05, 0.1) is 6.61 Å². The Morgan fingerprint density at radius 1 is 1.58 bits per heavy atom. The first-order valence-corrected chi connectivity index (χ1v) is 5.45. The molecule has 3 N–H and O–H groups in total. The number of nitrogens with zero attached hydrogens (tertiary/aromatic N) is 2. The number of rotatable bonds is 3. The van der Waals surface area contributed by atoms with Crippen molar-refractivity contribution in [3.63, 3.8) is 0 Å². The van der Waals surface area contributed by atoms with Gasteiger partial charge in [-0.05, 0) is 0 Å². The Morgan fingerprint density at radius 2 is 2.32 bits per heavy atom. The molecule has 2 rings (SSSR count). The summed E-state index contributed by atoms with van der Waals surface area (Å²) in [5, 5.41) is 22.6. The number of aromatic amines is 1. The number of aliphatic hydroxyl groups excluding tert-OH is 2. The minimum absolute atomic E-state index is 0.0377. The minimum Gasteiger partial charge on any atom is -0.399 e. The van der Waals surface area contributed by atoms with Crippen LogP contribution in [0.3, 0.4) is 0 Å². The first-order chi connectivity index (χ1) is 9.08. The summed E-state index contributed by atoms with van der Waals surface area (Å²) in [6.45, 7) is -0.446. The van der Waals surface area contributed by atoms with Gasteiger partial charge in [0.1, 0.15) is 25.0 Å². The fraction of sp³-hybridized carbons (Fsp3) is 0.500. The second-order valence-electron chi connectivity index (χ2n) is 3.87.